The summed E-state index contributed by atoms with van der Waals surface area (Å²) in [4.78, 5) is 17.2. The molecule has 3 heterocycles. The molecule has 0 atom stereocenters. The number of nitrogens with zero attached hydrogens (tertiary/aromatic N) is 6. The molecule has 3 aromatic heterocycles. The van der Waals surface area contributed by atoms with Gasteiger partial charge in [0.1, 0.15) is 5.69 Å². The van der Waals surface area contributed by atoms with Gasteiger partial charge in [0.25, 0.3) is 5.91 Å². The van der Waals surface area contributed by atoms with Gasteiger partial charge < -0.3 is 5.32 Å². The Morgan fingerprint density at radius 1 is 1.26 bits per heavy atom. The van der Waals surface area contributed by atoms with Crippen molar-refractivity contribution in [2.45, 2.75) is 6.54 Å². The first-order valence-electron chi connectivity index (χ1n) is 6.84. The number of para-hydroxylation sites is 1. The second-order valence-corrected chi connectivity index (χ2v) is 5.62. The van der Waals surface area contributed by atoms with Crippen molar-refractivity contribution >= 4 is 22.2 Å². The molecule has 1 aromatic carbocycles. The molecule has 0 bridgehead atoms. The normalized spacial score (nSPS) is 11.0. The number of nitrogens with one attached hydrogen (secondary N) is 1. The molecule has 23 heavy (non-hydrogen) atoms. The third kappa shape index (κ3) is 2.57. The highest BCUT2D eigenvalue weighted by Crippen LogP contribution is 2.11. The number of aromatic nitrogens is 6. The Hall–Kier alpha value is -3.07. The van der Waals surface area contributed by atoms with Crippen LogP contribution in [0.2, 0.25) is 0 Å². The molecule has 0 unspecified atom stereocenters. The van der Waals surface area contributed by atoms with Gasteiger partial charge in [0, 0.05) is 17.8 Å². The van der Waals surface area contributed by atoms with E-state index < -0.39 is 0 Å². The molecular weight excluding hydrogens is 314 g/mol. The van der Waals surface area contributed by atoms with Gasteiger partial charge in [0.2, 0.25) is 0 Å². The van der Waals surface area contributed by atoms with Crippen LogP contribution in [0.15, 0.2) is 48.1 Å². The number of carbonyl (C=O) groups is 1. The summed E-state index contributed by atoms with van der Waals surface area (Å²) < 4.78 is 3.40. The lowest BCUT2D eigenvalue weighted by molar-refractivity contribution is 0.0945. The molecule has 0 saturated heterocycles. The molecule has 4 rings (SSSR count). The van der Waals surface area contributed by atoms with Crippen LogP contribution in [0.4, 0.5) is 0 Å². The van der Waals surface area contributed by atoms with E-state index in [4.69, 9.17) is 0 Å². The number of tetrazole rings is 1. The van der Waals surface area contributed by atoms with Gasteiger partial charge in [-0.2, -0.15) is 4.68 Å². The highest BCUT2D eigenvalue weighted by Gasteiger charge is 2.13. The maximum atomic E-state index is 12.2. The number of thiazole rings is 1. The minimum Gasteiger partial charge on any atom is -0.343 e. The highest BCUT2D eigenvalue weighted by atomic mass is 32.1. The van der Waals surface area contributed by atoms with Gasteiger partial charge in [-0.15, -0.1) is 16.4 Å². The molecule has 0 saturated carbocycles. The minimum absolute atomic E-state index is 0.214. The molecule has 0 fully saturated rings. The van der Waals surface area contributed by atoms with Crippen molar-refractivity contribution in [3.63, 3.8) is 0 Å². The smallest absolute Gasteiger partial charge is 0.271 e. The van der Waals surface area contributed by atoms with Crippen LogP contribution in [-0.2, 0) is 6.54 Å². The standard InChI is InChI=1S/C14H11N7OS/c22-13(11-9-20-6-7-23-14(20)16-11)15-8-12-17-18-19-21(12)10-4-2-1-3-5-10/h1-7,9H,8H2,(H,15,22). The van der Waals surface area contributed by atoms with Crippen molar-refractivity contribution in [3.8, 4) is 5.69 Å². The maximum absolute atomic E-state index is 12.2. The van der Waals surface area contributed by atoms with Crippen molar-refractivity contribution < 1.29 is 4.79 Å². The maximum Gasteiger partial charge on any atom is 0.271 e. The summed E-state index contributed by atoms with van der Waals surface area (Å²) in [5.74, 6) is 0.286. The third-order valence-corrected chi connectivity index (χ3v) is 4.04. The van der Waals surface area contributed by atoms with Crippen LogP contribution in [0.1, 0.15) is 16.3 Å². The first-order valence-corrected chi connectivity index (χ1v) is 7.72. The van der Waals surface area contributed by atoms with E-state index in [1.807, 2.05) is 46.3 Å². The Labute approximate surface area is 134 Å². The van der Waals surface area contributed by atoms with E-state index in [9.17, 15) is 4.79 Å². The van der Waals surface area contributed by atoms with Gasteiger partial charge in [0.15, 0.2) is 10.8 Å². The summed E-state index contributed by atoms with van der Waals surface area (Å²) in [6, 6.07) is 9.50. The summed E-state index contributed by atoms with van der Waals surface area (Å²) in [7, 11) is 0. The molecular formula is C14H11N7OS. The Morgan fingerprint density at radius 2 is 2.13 bits per heavy atom. The highest BCUT2D eigenvalue weighted by molar-refractivity contribution is 7.15. The van der Waals surface area contributed by atoms with Gasteiger partial charge >= 0.3 is 0 Å². The Bertz CT molecular complexity index is 927. The largest absolute Gasteiger partial charge is 0.343 e. The van der Waals surface area contributed by atoms with E-state index in [0.717, 1.165) is 10.6 Å². The predicted octanol–water partition coefficient (Wildman–Crippen LogP) is 1.30. The topological polar surface area (TPSA) is 90.0 Å². The monoisotopic (exact) mass is 325 g/mol. The van der Waals surface area contributed by atoms with Crippen molar-refractivity contribution in [2.75, 3.05) is 0 Å². The number of carbonyl (C=O) groups excluding carboxylic acids is 1. The molecule has 0 aliphatic rings. The van der Waals surface area contributed by atoms with Crippen LogP contribution >= 0.6 is 11.3 Å². The molecule has 8 nitrogen and oxygen atoms in total. The zero-order chi connectivity index (χ0) is 15.6. The fourth-order valence-corrected chi connectivity index (χ4v) is 2.87. The van der Waals surface area contributed by atoms with Crippen LogP contribution in [-0.4, -0.2) is 35.5 Å². The predicted molar refractivity (Wildman–Crippen MR) is 83.4 cm³/mol. The minimum atomic E-state index is -0.261. The van der Waals surface area contributed by atoms with E-state index in [1.165, 1.54) is 11.3 Å². The molecule has 1 amide bonds. The lowest BCUT2D eigenvalue weighted by Gasteiger charge is -2.05. The van der Waals surface area contributed by atoms with Crippen LogP contribution in [0.5, 0.6) is 0 Å². The van der Waals surface area contributed by atoms with Gasteiger partial charge in [-0.3, -0.25) is 9.20 Å². The van der Waals surface area contributed by atoms with E-state index >= 15 is 0 Å². The average Bonchev–Trinajstić information content (AvgIpc) is 3.28. The number of amides is 1. The number of hydrogen-bond acceptors (Lipinski definition) is 6. The second kappa shape index (κ2) is 5.61. The number of hydrogen-bond donors (Lipinski definition) is 1. The fourth-order valence-electron chi connectivity index (χ4n) is 2.17. The van der Waals surface area contributed by atoms with E-state index in [0.29, 0.717) is 11.5 Å². The van der Waals surface area contributed by atoms with Crippen molar-refractivity contribution in [2.24, 2.45) is 0 Å². The summed E-state index contributed by atoms with van der Waals surface area (Å²) in [5.41, 5.74) is 1.21. The third-order valence-electron chi connectivity index (χ3n) is 3.27. The average molecular weight is 325 g/mol. The Morgan fingerprint density at radius 3 is 2.96 bits per heavy atom. The first-order chi connectivity index (χ1) is 11.3. The van der Waals surface area contributed by atoms with Crippen LogP contribution in [0, 0.1) is 0 Å². The van der Waals surface area contributed by atoms with Gasteiger partial charge in [-0.25, -0.2) is 4.98 Å². The summed E-state index contributed by atoms with van der Waals surface area (Å²) in [6.07, 6.45) is 3.56. The van der Waals surface area contributed by atoms with E-state index in [2.05, 4.69) is 25.8 Å². The van der Waals surface area contributed by atoms with Crippen LogP contribution < -0.4 is 5.32 Å². The summed E-state index contributed by atoms with van der Waals surface area (Å²) in [6.45, 7) is 0.214. The number of imidazole rings is 1. The van der Waals surface area contributed by atoms with Gasteiger partial charge in [-0.05, 0) is 22.6 Å². The summed E-state index contributed by atoms with van der Waals surface area (Å²) in [5, 5.41) is 16.3. The molecule has 1 N–H and O–H groups in total. The molecule has 9 heteroatoms. The Balaban J connectivity index is 1.50. The van der Waals surface area contributed by atoms with Crippen molar-refractivity contribution in [1.29, 1.82) is 0 Å². The van der Waals surface area contributed by atoms with Crippen molar-refractivity contribution in [1.82, 2.24) is 34.9 Å². The van der Waals surface area contributed by atoms with Gasteiger partial charge in [-0.1, -0.05) is 18.2 Å². The second-order valence-electron chi connectivity index (χ2n) is 4.74. The molecule has 114 valence electrons. The van der Waals surface area contributed by atoms with Crippen LogP contribution in [0.3, 0.4) is 0 Å². The fraction of sp³-hybridized carbons (Fsp3) is 0.0714. The van der Waals surface area contributed by atoms with E-state index in [-0.39, 0.29) is 12.5 Å². The first kappa shape index (κ1) is 13.6. The Kier molecular flexibility index (Phi) is 3.31. The zero-order valence-corrected chi connectivity index (χ0v) is 12.6. The molecule has 0 spiro atoms. The quantitative estimate of drug-likeness (QED) is 0.611. The molecule has 4 aromatic rings. The number of benzene rings is 1. The molecule has 0 aliphatic heterocycles. The molecule has 0 radical (unpaired) electrons. The zero-order valence-electron chi connectivity index (χ0n) is 11.8. The SMILES string of the molecule is O=C(NCc1nnnn1-c1ccccc1)c1cn2ccsc2n1. The van der Waals surface area contributed by atoms with Crippen molar-refractivity contribution in [3.05, 3.63) is 59.6 Å². The lowest BCUT2D eigenvalue weighted by atomic mass is 10.3. The lowest BCUT2D eigenvalue weighted by Crippen LogP contribution is -2.25. The van der Waals surface area contributed by atoms with Crippen LogP contribution in [0.25, 0.3) is 10.6 Å². The molecule has 0 aliphatic carbocycles. The summed E-state index contributed by atoms with van der Waals surface area (Å²) >= 11 is 1.48. The number of rotatable bonds is 4. The number of fused-ring (bicyclic) bond motifs is 1. The van der Waals surface area contributed by atoms with E-state index in [1.54, 1.807) is 10.9 Å². The van der Waals surface area contributed by atoms with Gasteiger partial charge in [0.05, 0.1) is 12.2 Å².